The summed E-state index contributed by atoms with van der Waals surface area (Å²) in [6.07, 6.45) is 3.15. The molecule has 0 atom stereocenters. The number of ether oxygens (including phenoxy) is 1. The Kier molecular flexibility index (Phi) is 4.12. The lowest BCUT2D eigenvalue weighted by atomic mass is 10.1. The van der Waals surface area contributed by atoms with Crippen molar-refractivity contribution in [2.24, 2.45) is 0 Å². The molecule has 3 aromatic rings. The van der Waals surface area contributed by atoms with Crippen molar-refractivity contribution in [3.8, 4) is 5.75 Å². The molecule has 2 aromatic heterocycles. The number of carbonyl (C=O) groups is 1. The number of halogens is 2. The Balaban J connectivity index is 1.83. The molecule has 0 aliphatic carbocycles. The minimum absolute atomic E-state index is 0.00429. The number of aromatic amines is 1. The van der Waals surface area contributed by atoms with Crippen LogP contribution in [0.25, 0.3) is 11.2 Å². The van der Waals surface area contributed by atoms with E-state index in [1.807, 2.05) is 0 Å². The van der Waals surface area contributed by atoms with E-state index in [1.165, 1.54) is 12.1 Å². The number of rotatable bonds is 0. The third-order valence-corrected chi connectivity index (χ3v) is 4.61. The third kappa shape index (κ3) is 2.82. The first-order valence-corrected chi connectivity index (χ1v) is 8.35. The number of amides is 1. The zero-order valence-corrected chi connectivity index (χ0v) is 14.6. The van der Waals surface area contributed by atoms with Gasteiger partial charge in [0, 0.05) is 25.4 Å². The fourth-order valence-corrected chi connectivity index (χ4v) is 3.05. The molecule has 0 unspecified atom stereocenters. The van der Waals surface area contributed by atoms with E-state index in [-0.39, 0.29) is 30.6 Å². The first-order valence-electron chi connectivity index (χ1n) is 7.97. The molecule has 4 rings (SSSR count). The molecular formula is C17H15ClFN5O2. The summed E-state index contributed by atoms with van der Waals surface area (Å²) < 4.78 is 19.6. The lowest BCUT2D eigenvalue weighted by Gasteiger charge is -2.21. The fourth-order valence-electron chi connectivity index (χ4n) is 2.84. The van der Waals surface area contributed by atoms with Crippen molar-refractivity contribution in [2.45, 2.75) is 6.54 Å². The second kappa shape index (κ2) is 6.45. The molecule has 1 amide bonds. The summed E-state index contributed by atoms with van der Waals surface area (Å²) in [6, 6.07) is 2.79. The van der Waals surface area contributed by atoms with Crippen LogP contribution in [0.1, 0.15) is 15.9 Å². The molecule has 0 saturated heterocycles. The highest BCUT2D eigenvalue weighted by Crippen LogP contribution is 2.31. The van der Waals surface area contributed by atoms with Gasteiger partial charge >= 0.3 is 0 Å². The SMILES string of the molecule is CN1Cc2c(ccc(F)c2Cl)OCCNC(=O)c2c[nH]c3ncc1nc23. The summed E-state index contributed by atoms with van der Waals surface area (Å²) >= 11 is 6.16. The highest BCUT2D eigenvalue weighted by Gasteiger charge is 2.19. The van der Waals surface area contributed by atoms with Gasteiger partial charge < -0.3 is 19.9 Å². The van der Waals surface area contributed by atoms with Crippen molar-refractivity contribution in [3.05, 3.63) is 46.5 Å². The number of hydrogen-bond acceptors (Lipinski definition) is 5. The predicted molar refractivity (Wildman–Crippen MR) is 95.2 cm³/mol. The number of H-pyrrole nitrogens is 1. The average molecular weight is 376 g/mol. The maximum atomic E-state index is 13.9. The Morgan fingerprint density at radius 2 is 2.23 bits per heavy atom. The molecule has 7 nitrogen and oxygen atoms in total. The number of carbonyl (C=O) groups excluding carboxylic acids is 1. The van der Waals surface area contributed by atoms with Gasteiger partial charge in [0.15, 0.2) is 5.65 Å². The van der Waals surface area contributed by atoms with E-state index in [4.69, 9.17) is 16.3 Å². The number of nitrogens with one attached hydrogen (secondary N) is 2. The van der Waals surface area contributed by atoms with Gasteiger partial charge in [-0.25, -0.2) is 14.4 Å². The van der Waals surface area contributed by atoms with Crippen LogP contribution in [0.3, 0.4) is 0 Å². The molecule has 2 bridgehead atoms. The Bertz CT molecular complexity index is 1010. The van der Waals surface area contributed by atoms with E-state index in [0.29, 0.717) is 33.9 Å². The Labute approximate surface area is 153 Å². The Hall–Kier alpha value is -2.87. The average Bonchev–Trinajstić information content (AvgIpc) is 3.06. The zero-order valence-electron chi connectivity index (χ0n) is 13.8. The maximum absolute atomic E-state index is 13.9. The van der Waals surface area contributed by atoms with Crippen molar-refractivity contribution >= 4 is 34.5 Å². The zero-order chi connectivity index (χ0) is 18.3. The van der Waals surface area contributed by atoms with Gasteiger partial charge in [-0.2, -0.15) is 0 Å². The first-order chi connectivity index (χ1) is 12.5. The van der Waals surface area contributed by atoms with Crippen LogP contribution in [-0.4, -0.2) is 41.1 Å². The smallest absolute Gasteiger partial charge is 0.255 e. The van der Waals surface area contributed by atoms with Gasteiger partial charge in [-0.05, 0) is 12.1 Å². The van der Waals surface area contributed by atoms with Gasteiger partial charge in [-0.15, -0.1) is 0 Å². The number of hydrogen-bond donors (Lipinski definition) is 2. The predicted octanol–water partition coefficient (Wildman–Crippen LogP) is 2.51. The highest BCUT2D eigenvalue weighted by atomic mass is 35.5. The van der Waals surface area contributed by atoms with Gasteiger partial charge in [0.2, 0.25) is 0 Å². The summed E-state index contributed by atoms with van der Waals surface area (Å²) in [5.41, 5.74) is 1.90. The second-order valence-corrected chi connectivity index (χ2v) is 6.30. The van der Waals surface area contributed by atoms with Gasteiger partial charge in [0.25, 0.3) is 5.91 Å². The molecule has 0 spiro atoms. The van der Waals surface area contributed by atoms with Gasteiger partial charge in [-0.3, -0.25) is 4.79 Å². The van der Waals surface area contributed by atoms with Crippen molar-refractivity contribution in [2.75, 3.05) is 25.1 Å². The molecule has 1 aliphatic rings. The van der Waals surface area contributed by atoms with Crippen LogP contribution in [0.4, 0.5) is 10.2 Å². The second-order valence-electron chi connectivity index (χ2n) is 5.93. The number of benzene rings is 1. The minimum Gasteiger partial charge on any atom is -0.491 e. The molecule has 0 radical (unpaired) electrons. The van der Waals surface area contributed by atoms with E-state index in [9.17, 15) is 9.18 Å². The summed E-state index contributed by atoms with van der Waals surface area (Å²) in [6.45, 7) is 0.775. The first kappa shape index (κ1) is 16.6. The van der Waals surface area contributed by atoms with Crippen LogP contribution in [0.2, 0.25) is 5.02 Å². The van der Waals surface area contributed by atoms with Gasteiger partial charge in [-0.1, -0.05) is 11.6 Å². The minimum atomic E-state index is -0.519. The van der Waals surface area contributed by atoms with Crippen LogP contribution in [0.15, 0.2) is 24.5 Å². The summed E-state index contributed by atoms with van der Waals surface area (Å²) in [5, 5.41) is 2.78. The van der Waals surface area contributed by atoms with E-state index >= 15 is 0 Å². The molecule has 0 saturated carbocycles. The van der Waals surface area contributed by atoms with Crippen molar-refractivity contribution in [1.82, 2.24) is 20.3 Å². The lowest BCUT2D eigenvalue weighted by Crippen LogP contribution is -2.28. The topological polar surface area (TPSA) is 83.1 Å². The van der Waals surface area contributed by atoms with E-state index in [0.717, 1.165) is 0 Å². The molecule has 26 heavy (non-hydrogen) atoms. The summed E-state index contributed by atoms with van der Waals surface area (Å²) in [7, 11) is 1.78. The molecule has 3 heterocycles. The van der Waals surface area contributed by atoms with Crippen molar-refractivity contribution in [1.29, 1.82) is 0 Å². The van der Waals surface area contributed by atoms with Crippen LogP contribution >= 0.6 is 11.6 Å². The quantitative estimate of drug-likeness (QED) is 0.631. The van der Waals surface area contributed by atoms with Gasteiger partial charge in [0.1, 0.15) is 29.5 Å². The van der Waals surface area contributed by atoms with Crippen LogP contribution < -0.4 is 15.0 Å². The van der Waals surface area contributed by atoms with E-state index < -0.39 is 5.82 Å². The Morgan fingerprint density at radius 1 is 1.38 bits per heavy atom. The van der Waals surface area contributed by atoms with Crippen LogP contribution in [-0.2, 0) is 6.54 Å². The third-order valence-electron chi connectivity index (χ3n) is 4.20. The maximum Gasteiger partial charge on any atom is 0.255 e. The van der Waals surface area contributed by atoms with Crippen molar-refractivity contribution < 1.29 is 13.9 Å². The molecule has 1 aromatic carbocycles. The number of nitrogens with zero attached hydrogens (tertiary/aromatic N) is 3. The number of anilines is 1. The molecule has 1 aliphatic heterocycles. The van der Waals surface area contributed by atoms with E-state index in [1.54, 1.807) is 24.3 Å². The van der Waals surface area contributed by atoms with Crippen LogP contribution in [0.5, 0.6) is 5.75 Å². The molecule has 9 heteroatoms. The van der Waals surface area contributed by atoms with Crippen molar-refractivity contribution in [3.63, 3.8) is 0 Å². The Morgan fingerprint density at radius 3 is 3.08 bits per heavy atom. The number of fused-ring (bicyclic) bond motifs is 2. The molecular weight excluding hydrogens is 361 g/mol. The molecule has 134 valence electrons. The monoisotopic (exact) mass is 375 g/mol. The normalized spacial score (nSPS) is 14.9. The summed E-state index contributed by atoms with van der Waals surface area (Å²) in [5.74, 6) is 0.197. The molecule has 0 fully saturated rings. The lowest BCUT2D eigenvalue weighted by molar-refractivity contribution is 0.0948. The van der Waals surface area contributed by atoms with Gasteiger partial charge in [0.05, 0.1) is 23.3 Å². The largest absolute Gasteiger partial charge is 0.491 e. The molecule has 2 N–H and O–H groups in total. The van der Waals surface area contributed by atoms with Crippen LogP contribution in [0, 0.1) is 5.82 Å². The standard InChI is InChI=1S/C17H15ClFN5O2/c1-24-8-10-12(3-2-11(19)14(10)18)26-5-4-20-17(25)9-6-21-16-15(9)23-13(24)7-22-16/h2-3,6-7H,4-5,8H2,1H3,(H,20,25)(H,21,22). The summed E-state index contributed by atoms with van der Waals surface area (Å²) in [4.78, 5) is 25.9. The highest BCUT2D eigenvalue weighted by molar-refractivity contribution is 6.31. The fraction of sp³-hybridized carbons (Fsp3) is 0.235. The number of aromatic nitrogens is 3. The van der Waals surface area contributed by atoms with E-state index in [2.05, 4.69) is 20.3 Å².